The minimum absolute atomic E-state index is 0.00750. The largest absolute Gasteiger partial charge is 0.486 e. The van der Waals surface area contributed by atoms with Gasteiger partial charge in [-0.3, -0.25) is 4.79 Å². The molecule has 1 atom stereocenters. The highest BCUT2D eigenvalue weighted by Crippen LogP contribution is 2.31. The Hall–Kier alpha value is -2.49. The predicted molar refractivity (Wildman–Crippen MR) is 93.5 cm³/mol. The Morgan fingerprint density at radius 2 is 1.75 bits per heavy atom. The quantitative estimate of drug-likeness (QED) is 0.904. The standard InChI is InChI=1S/C20H23NO3/c1-14(2)12-17(15-6-4-3-5-7-15)21-20(22)16-8-9-18-19(13-16)24-11-10-23-18/h3-9,13-14,17H,10-12H2,1-2H3,(H,21,22)/t17-/m0/s1. The van der Waals surface area contributed by atoms with E-state index in [-0.39, 0.29) is 11.9 Å². The van der Waals surface area contributed by atoms with Crippen molar-refractivity contribution >= 4 is 5.91 Å². The summed E-state index contributed by atoms with van der Waals surface area (Å²) in [5, 5.41) is 3.15. The van der Waals surface area contributed by atoms with Crippen LogP contribution in [0.25, 0.3) is 0 Å². The minimum Gasteiger partial charge on any atom is -0.486 e. The molecule has 1 aliphatic heterocycles. The molecule has 1 amide bonds. The maximum absolute atomic E-state index is 12.7. The van der Waals surface area contributed by atoms with E-state index in [1.165, 1.54) is 0 Å². The third-order valence-electron chi connectivity index (χ3n) is 4.02. The molecule has 2 aromatic rings. The third-order valence-corrected chi connectivity index (χ3v) is 4.02. The van der Waals surface area contributed by atoms with Crippen LogP contribution in [0.15, 0.2) is 48.5 Å². The molecule has 1 aliphatic rings. The molecule has 0 saturated carbocycles. The second-order valence-electron chi connectivity index (χ2n) is 6.42. The Bertz CT molecular complexity index is 697. The Kier molecular flexibility index (Phi) is 5.04. The molecule has 24 heavy (non-hydrogen) atoms. The first-order valence-corrected chi connectivity index (χ1v) is 8.39. The van der Waals surface area contributed by atoms with Gasteiger partial charge in [-0.05, 0) is 36.1 Å². The first-order chi connectivity index (χ1) is 11.6. The molecule has 0 saturated heterocycles. The van der Waals surface area contributed by atoms with Gasteiger partial charge >= 0.3 is 0 Å². The second kappa shape index (κ2) is 7.39. The second-order valence-corrected chi connectivity index (χ2v) is 6.42. The number of amides is 1. The third kappa shape index (κ3) is 3.88. The van der Waals surface area contributed by atoms with Gasteiger partial charge in [-0.2, -0.15) is 0 Å². The smallest absolute Gasteiger partial charge is 0.251 e. The summed E-state index contributed by atoms with van der Waals surface area (Å²) in [4.78, 5) is 12.7. The van der Waals surface area contributed by atoms with Crippen molar-refractivity contribution in [3.8, 4) is 11.5 Å². The van der Waals surface area contributed by atoms with Crippen LogP contribution in [0.5, 0.6) is 11.5 Å². The van der Waals surface area contributed by atoms with Gasteiger partial charge in [-0.25, -0.2) is 0 Å². The van der Waals surface area contributed by atoms with Crippen LogP contribution in [0.1, 0.15) is 42.2 Å². The van der Waals surface area contributed by atoms with E-state index in [2.05, 4.69) is 31.3 Å². The number of fused-ring (bicyclic) bond motifs is 1. The molecule has 0 bridgehead atoms. The molecule has 0 radical (unpaired) electrons. The molecule has 3 rings (SSSR count). The van der Waals surface area contributed by atoms with Crippen LogP contribution in [0, 0.1) is 5.92 Å². The zero-order chi connectivity index (χ0) is 16.9. The summed E-state index contributed by atoms with van der Waals surface area (Å²) >= 11 is 0. The number of benzene rings is 2. The molecule has 0 spiro atoms. The molecule has 0 fully saturated rings. The predicted octanol–water partition coefficient (Wildman–Crippen LogP) is 3.98. The van der Waals surface area contributed by atoms with E-state index in [4.69, 9.17) is 9.47 Å². The van der Waals surface area contributed by atoms with Crippen LogP contribution in [0.3, 0.4) is 0 Å². The first-order valence-electron chi connectivity index (χ1n) is 8.39. The van der Waals surface area contributed by atoms with Crippen molar-refractivity contribution in [3.05, 3.63) is 59.7 Å². The lowest BCUT2D eigenvalue weighted by molar-refractivity contribution is 0.0930. The summed E-state index contributed by atoms with van der Waals surface area (Å²) in [6.45, 7) is 5.37. The molecular formula is C20H23NO3. The van der Waals surface area contributed by atoms with E-state index in [9.17, 15) is 4.79 Å². The van der Waals surface area contributed by atoms with Crippen LogP contribution < -0.4 is 14.8 Å². The Morgan fingerprint density at radius 1 is 1.04 bits per heavy atom. The van der Waals surface area contributed by atoms with Gasteiger partial charge in [0.15, 0.2) is 11.5 Å². The Balaban J connectivity index is 1.78. The van der Waals surface area contributed by atoms with Crippen LogP contribution in [0.2, 0.25) is 0 Å². The van der Waals surface area contributed by atoms with Gasteiger partial charge in [0.1, 0.15) is 13.2 Å². The van der Waals surface area contributed by atoms with Crippen molar-refractivity contribution in [2.75, 3.05) is 13.2 Å². The SMILES string of the molecule is CC(C)C[C@H](NC(=O)c1ccc2c(c1)OCCO2)c1ccccc1. The topological polar surface area (TPSA) is 47.6 Å². The van der Waals surface area contributed by atoms with Crippen LogP contribution in [-0.2, 0) is 0 Å². The molecule has 1 heterocycles. The average Bonchev–Trinajstić information content (AvgIpc) is 2.61. The van der Waals surface area contributed by atoms with Gasteiger partial charge in [0.25, 0.3) is 5.91 Å². The molecule has 0 unspecified atom stereocenters. The number of hydrogen-bond acceptors (Lipinski definition) is 3. The number of carbonyl (C=O) groups is 1. The van der Waals surface area contributed by atoms with Crippen molar-refractivity contribution in [1.82, 2.24) is 5.32 Å². The van der Waals surface area contributed by atoms with Crippen LogP contribution in [-0.4, -0.2) is 19.1 Å². The highest BCUT2D eigenvalue weighted by molar-refractivity contribution is 5.95. The van der Waals surface area contributed by atoms with E-state index in [0.717, 1.165) is 12.0 Å². The van der Waals surface area contributed by atoms with E-state index < -0.39 is 0 Å². The number of rotatable bonds is 5. The van der Waals surface area contributed by atoms with Crippen molar-refractivity contribution in [2.45, 2.75) is 26.3 Å². The molecule has 1 N–H and O–H groups in total. The summed E-state index contributed by atoms with van der Waals surface area (Å²) in [6, 6.07) is 15.4. The van der Waals surface area contributed by atoms with Gasteiger partial charge in [-0.15, -0.1) is 0 Å². The van der Waals surface area contributed by atoms with Gasteiger partial charge < -0.3 is 14.8 Å². The zero-order valence-electron chi connectivity index (χ0n) is 14.1. The van der Waals surface area contributed by atoms with Gasteiger partial charge in [-0.1, -0.05) is 44.2 Å². The average molecular weight is 325 g/mol. The summed E-state index contributed by atoms with van der Waals surface area (Å²) < 4.78 is 11.1. The fourth-order valence-corrected chi connectivity index (χ4v) is 2.86. The lowest BCUT2D eigenvalue weighted by Gasteiger charge is -2.22. The number of nitrogens with one attached hydrogen (secondary N) is 1. The molecule has 0 aromatic heterocycles. The summed E-state index contributed by atoms with van der Waals surface area (Å²) in [5.74, 6) is 1.71. The Morgan fingerprint density at radius 3 is 2.46 bits per heavy atom. The number of hydrogen-bond donors (Lipinski definition) is 1. The first kappa shape index (κ1) is 16.4. The van der Waals surface area contributed by atoms with Crippen LogP contribution >= 0.6 is 0 Å². The summed E-state index contributed by atoms with van der Waals surface area (Å²) in [7, 11) is 0. The van der Waals surface area contributed by atoms with Crippen LogP contribution in [0.4, 0.5) is 0 Å². The highest BCUT2D eigenvalue weighted by Gasteiger charge is 2.19. The van der Waals surface area contributed by atoms with E-state index >= 15 is 0 Å². The molecular weight excluding hydrogens is 302 g/mol. The fraction of sp³-hybridized carbons (Fsp3) is 0.350. The molecule has 0 aliphatic carbocycles. The number of carbonyl (C=O) groups excluding carboxylic acids is 1. The zero-order valence-corrected chi connectivity index (χ0v) is 14.1. The monoisotopic (exact) mass is 325 g/mol. The summed E-state index contributed by atoms with van der Waals surface area (Å²) in [5.41, 5.74) is 1.71. The maximum Gasteiger partial charge on any atom is 0.251 e. The minimum atomic E-state index is -0.0959. The van der Waals surface area contributed by atoms with E-state index in [1.54, 1.807) is 18.2 Å². The Labute approximate surface area is 142 Å². The van der Waals surface area contributed by atoms with Crippen molar-refractivity contribution in [1.29, 1.82) is 0 Å². The molecule has 4 heteroatoms. The van der Waals surface area contributed by atoms with Gasteiger partial charge in [0, 0.05) is 5.56 Å². The highest BCUT2D eigenvalue weighted by atomic mass is 16.6. The van der Waals surface area contributed by atoms with Crippen molar-refractivity contribution in [3.63, 3.8) is 0 Å². The normalized spacial score (nSPS) is 14.3. The van der Waals surface area contributed by atoms with Gasteiger partial charge in [0.2, 0.25) is 0 Å². The lowest BCUT2D eigenvalue weighted by atomic mass is 9.96. The summed E-state index contributed by atoms with van der Waals surface area (Å²) in [6.07, 6.45) is 0.889. The lowest BCUT2D eigenvalue weighted by Crippen LogP contribution is -2.29. The number of ether oxygens (including phenoxy) is 2. The molecule has 4 nitrogen and oxygen atoms in total. The maximum atomic E-state index is 12.7. The van der Waals surface area contributed by atoms with Crippen molar-refractivity contribution < 1.29 is 14.3 Å². The van der Waals surface area contributed by atoms with E-state index in [0.29, 0.717) is 36.2 Å². The molecule has 126 valence electrons. The van der Waals surface area contributed by atoms with Gasteiger partial charge in [0.05, 0.1) is 6.04 Å². The van der Waals surface area contributed by atoms with Crippen molar-refractivity contribution in [2.24, 2.45) is 5.92 Å². The van der Waals surface area contributed by atoms with E-state index in [1.807, 2.05) is 18.2 Å². The fourth-order valence-electron chi connectivity index (χ4n) is 2.86. The molecule has 2 aromatic carbocycles.